The quantitative estimate of drug-likeness (QED) is 0.835. The number of nitriles is 1. The van der Waals surface area contributed by atoms with E-state index in [9.17, 15) is 0 Å². The predicted octanol–water partition coefficient (Wildman–Crippen LogP) is 2.74. The second-order valence-electron chi connectivity index (χ2n) is 3.62. The lowest BCUT2D eigenvalue weighted by molar-refractivity contribution is 0.282. The molecule has 5 heteroatoms. The molecule has 0 aromatic heterocycles. The summed E-state index contributed by atoms with van der Waals surface area (Å²) in [5.74, 6) is 0.915. The van der Waals surface area contributed by atoms with Gasteiger partial charge in [0.2, 0.25) is 0 Å². The molecule has 0 saturated carbocycles. The fourth-order valence-electron chi connectivity index (χ4n) is 1.49. The maximum Gasteiger partial charge on any atom is 0.101 e. The van der Waals surface area contributed by atoms with Crippen molar-refractivity contribution in [1.29, 1.82) is 5.26 Å². The number of thioether (sulfide) groups is 1. The molecule has 0 spiro atoms. The van der Waals surface area contributed by atoms with E-state index in [1.54, 1.807) is 23.9 Å². The minimum absolute atomic E-state index is 0.155. The Hall–Kier alpha value is -0.890. The molecule has 17 heavy (non-hydrogen) atoms. The van der Waals surface area contributed by atoms with Crippen molar-refractivity contribution in [2.75, 3.05) is 23.9 Å². The van der Waals surface area contributed by atoms with Crippen molar-refractivity contribution in [3.63, 3.8) is 0 Å². The first-order valence-corrected chi connectivity index (χ1v) is 7.04. The number of benzene rings is 1. The van der Waals surface area contributed by atoms with Gasteiger partial charge in [-0.05, 0) is 30.9 Å². The molecule has 0 amide bonds. The van der Waals surface area contributed by atoms with Crippen LogP contribution in [0.5, 0.6) is 0 Å². The summed E-state index contributed by atoms with van der Waals surface area (Å²) in [6.45, 7) is 0.155. The Balaban J connectivity index is 2.72. The SMILES string of the molecule is CSC[C@@H](CCO)Nc1ccc(C#N)c(Cl)c1. The summed E-state index contributed by atoms with van der Waals surface area (Å²) in [6, 6.07) is 7.49. The highest BCUT2D eigenvalue weighted by Crippen LogP contribution is 2.21. The van der Waals surface area contributed by atoms with E-state index < -0.39 is 0 Å². The van der Waals surface area contributed by atoms with Crippen LogP contribution in [0, 0.1) is 11.3 Å². The van der Waals surface area contributed by atoms with Crippen molar-refractivity contribution in [2.45, 2.75) is 12.5 Å². The lowest BCUT2D eigenvalue weighted by atomic mass is 10.2. The second-order valence-corrected chi connectivity index (χ2v) is 4.93. The monoisotopic (exact) mass is 270 g/mol. The molecule has 3 nitrogen and oxygen atoms in total. The van der Waals surface area contributed by atoms with Crippen LogP contribution in [0.4, 0.5) is 5.69 Å². The van der Waals surface area contributed by atoms with E-state index in [1.165, 1.54) is 0 Å². The van der Waals surface area contributed by atoms with Crippen molar-refractivity contribution in [2.24, 2.45) is 0 Å². The molecule has 0 heterocycles. The predicted molar refractivity (Wildman–Crippen MR) is 73.7 cm³/mol. The summed E-state index contributed by atoms with van der Waals surface area (Å²) >= 11 is 7.67. The van der Waals surface area contributed by atoms with Gasteiger partial charge in [-0.3, -0.25) is 0 Å². The molecule has 0 aliphatic rings. The van der Waals surface area contributed by atoms with Crippen LogP contribution in [-0.4, -0.2) is 29.8 Å². The van der Waals surface area contributed by atoms with Crippen molar-refractivity contribution < 1.29 is 5.11 Å². The van der Waals surface area contributed by atoms with Gasteiger partial charge in [0, 0.05) is 24.1 Å². The van der Waals surface area contributed by atoms with Crippen LogP contribution in [0.1, 0.15) is 12.0 Å². The van der Waals surface area contributed by atoms with E-state index in [-0.39, 0.29) is 12.6 Å². The summed E-state index contributed by atoms with van der Waals surface area (Å²) < 4.78 is 0. The van der Waals surface area contributed by atoms with E-state index in [0.717, 1.165) is 11.4 Å². The Morgan fingerprint density at radius 2 is 2.35 bits per heavy atom. The van der Waals surface area contributed by atoms with Gasteiger partial charge in [-0.15, -0.1) is 0 Å². The number of hydrogen-bond acceptors (Lipinski definition) is 4. The largest absolute Gasteiger partial charge is 0.396 e. The molecule has 1 aromatic rings. The molecule has 0 fully saturated rings. The van der Waals surface area contributed by atoms with Crippen LogP contribution >= 0.6 is 23.4 Å². The first-order valence-electron chi connectivity index (χ1n) is 5.27. The number of halogens is 1. The molecule has 2 N–H and O–H groups in total. The third kappa shape index (κ3) is 4.47. The maximum atomic E-state index is 8.96. The Bertz CT molecular complexity index is 400. The lowest BCUT2D eigenvalue weighted by Gasteiger charge is -2.18. The number of aliphatic hydroxyl groups excluding tert-OH is 1. The van der Waals surface area contributed by atoms with E-state index in [0.29, 0.717) is 17.0 Å². The zero-order valence-corrected chi connectivity index (χ0v) is 11.2. The average Bonchev–Trinajstić information content (AvgIpc) is 2.30. The summed E-state index contributed by atoms with van der Waals surface area (Å²) in [5, 5.41) is 21.5. The number of anilines is 1. The molecule has 1 atom stereocenters. The zero-order valence-electron chi connectivity index (χ0n) is 9.61. The highest BCUT2D eigenvalue weighted by molar-refractivity contribution is 7.98. The first kappa shape index (κ1) is 14.2. The van der Waals surface area contributed by atoms with Gasteiger partial charge in [-0.1, -0.05) is 11.6 Å². The Morgan fingerprint density at radius 1 is 1.59 bits per heavy atom. The molecule has 0 aliphatic carbocycles. The first-order chi connectivity index (χ1) is 8.21. The Labute approximate surface area is 111 Å². The van der Waals surface area contributed by atoms with Crippen LogP contribution < -0.4 is 5.32 Å². The number of nitrogens with one attached hydrogen (secondary N) is 1. The van der Waals surface area contributed by atoms with Crippen LogP contribution in [0.25, 0.3) is 0 Å². The third-order valence-corrected chi connectivity index (χ3v) is 3.35. The molecule has 0 aliphatic heterocycles. The molecule has 92 valence electrons. The number of nitrogens with zero attached hydrogens (tertiary/aromatic N) is 1. The molecular weight excluding hydrogens is 256 g/mol. The van der Waals surface area contributed by atoms with E-state index >= 15 is 0 Å². The van der Waals surface area contributed by atoms with Crippen LogP contribution in [-0.2, 0) is 0 Å². The van der Waals surface area contributed by atoms with Crippen molar-refractivity contribution in [3.8, 4) is 6.07 Å². The third-order valence-electron chi connectivity index (χ3n) is 2.31. The number of hydrogen-bond donors (Lipinski definition) is 2. The fourth-order valence-corrected chi connectivity index (χ4v) is 2.36. The summed E-state index contributed by atoms with van der Waals surface area (Å²) in [6.07, 6.45) is 2.72. The number of rotatable bonds is 6. The van der Waals surface area contributed by atoms with Crippen molar-refractivity contribution in [3.05, 3.63) is 28.8 Å². The normalized spacial score (nSPS) is 11.9. The molecule has 0 saturated heterocycles. The average molecular weight is 271 g/mol. The summed E-state index contributed by atoms with van der Waals surface area (Å²) in [4.78, 5) is 0. The minimum atomic E-state index is 0.155. The van der Waals surface area contributed by atoms with Crippen molar-refractivity contribution in [1.82, 2.24) is 0 Å². The highest BCUT2D eigenvalue weighted by atomic mass is 35.5. The van der Waals surface area contributed by atoms with E-state index in [2.05, 4.69) is 5.32 Å². The van der Waals surface area contributed by atoms with Gasteiger partial charge in [-0.25, -0.2) is 0 Å². The lowest BCUT2D eigenvalue weighted by Crippen LogP contribution is -2.23. The topological polar surface area (TPSA) is 56.0 Å². The molecular formula is C12H15ClN2OS. The molecule has 0 unspecified atom stereocenters. The zero-order chi connectivity index (χ0) is 12.7. The van der Waals surface area contributed by atoms with E-state index in [4.69, 9.17) is 22.0 Å². The van der Waals surface area contributed by atoms with Crippen molar-refractivity contribution >= 4 is 29.1 Å². The van der Waals surface area contributed by atoms with Gasteiger partial charge < -0.3 is 10.4 Å². The van der Waals surface area contributed by atoms with Gasteiger partial charge in [0.15, 0.2) is 0 Å². The maximum absolute atomic E-state index is 8.96. The van der Waals surface area contributed by atoms with Gasteiger partial charge >= 0.3 is 0 Å². The summed E-state index contributed by atoms with van der Waals surface area (Å²) in [5.41, 5.74) is 1.35. The van der Waals surface area contributed by atoms with Gasteiger partial charge in [0.1, 0.15) is 6.07 Å². The van der Waals surface area contributed by atoms with Gasteiger partial charge in [0.05, 0.1) is 10.6 Å². The molecule has 0 bridgehead atoms. The van der Waals surface area contributed by atoms with Crippen LogP contribution in [0.15, 0.2) is 18.2 Å². The smallest absolute Gasteiger partial charge is 0.101 e. The summed E-state index contributed by atoms with van der Waals surface area (Å²) in [7, 11) is 0. The second kappa shape index (κ2) is 7.44. The molecule has 0 radical (unpaired) electrons. The van der Waals surface area contributed by atoms with Crippen LogP contribution in [0.2, 0.25) is 5.02 Å². The minimum Gasteiger partial charge on any atom is -0.396 e. The van der Waals surface area contributed by atoms with Crippen LogP contribution in [0.3, 0.4) is 0 Å². The number of aliphatic hydroxyl groups is 1. The van der Waals surface area contributed by atoms with Gasteiger partial charge in [0.25, 0.3) is 0 Å². The highest BCUT2D eigenvalue weighted by Gasteiger charge is 2.08. The molecule has 1 aromatic carbocycles. The standard InChI is InChI=1S/C12H15ClN2OS/c1-17-8-11(4-5-16)15-10-3-2-9(7-14)12(13)6-10/h2-3,6,11,15-16H,4-5,8H2,1H3/t11-/m1/s1. The Kier molecular flexibility index (Phi) is 6.20. The Morgan fingerprint density at radius 3 is 2.88 bits per heavy atom. The van der Waals surface area contributed by atoms with E-state index in [1.807, 2.05) is 18.4 Å². The fraction of sp³-hybridized carbons (Fsp3) is 0.417. The molecule has 1 rings (SSSR count). The van der Waals surface area contributed by atoms with Gasteiger partial charge in [-0.2, -0.15) is 17.0 Å².